The van der Waals surface area contributed by atoms with Crippen LogP contribution in [0.2, 0.25) is 0 Å². The summed E-state index contributed by atoms with van der Waals surface area (Å²) < 4.78 is 11.8. The Labute approximate surface area is 139 Å². The van der Waals surface area contributed by atoms with Crippen molar-refractivity contribution in [2.75, 3.05) is 0 Å². The molecule has 0 N–H and O–H groups in total. The second kappa shape index (κ2) is 5.22. The molecule has 0 bridgehead atoms. The lowest BCUT2D eigenvalue weighted by molar-refractivity contribution is -0.247. The summed E-state index contributed by atoms with van der Waals surface area (Å²) >= 11 is 0. The Bertz CT molecular complexity index is 525. The number of esters is 2. The fourth-order valence-corrected chi connectivity index (χ4v) is 6.38. The Morgan fingerprint density at radius 2 is 1.91 bits per heavy atom. The van der Waals surface area contributed by atoms with Crippen molar-refractivity contribution in [3.63, 3.8) is 0 Å². The molecule has 23 heavy (non-hydrogen) atoms. The molecule has 1 aliphatic heterocycles. The summed E-state index contributed by atoms with van der Waals surface area (Å²) in [6, 6.07) is 0. The number of fused-ring (bicyclic) bond motifs is 2. The average molecular weight is 322 g/mol. The van der Waals surface area contributed by atoms with Crippen molar-refractivity contribution in [3.05, 3.63) is 0 Å². The monoisotopic (exact) mass is 322 g/mol. The molecular formula is C19H30O4. The molecule has 0 radical (unpaired) electrons. The first-order chi connectivity index (χ1) is 10.6. The Hall–Kier alpha value is -1.06. The van der Waals surface area contributed by atoms with E-state index in [1.165, 1.54) is 6.92 Å². The zero-order valence-corrected chi connectivity index (χ0v) is 15.1. The minimum absolute atomic E-state index is 0.0638. The molecule has 0 aromatic rings. The molecule has 1 spiro atoms. The van der Waals surface area contributed by atoms with E-state index in [9.17, 15) is 9.59 Å². The molecule has 4 nitrogen and oxygen atoms in total. The summed E-state index contributed by atoms with van der Waals surface area (Å²) in [5.74, 6) is 0.180. The third-order valence-electron chi connectivity index (χ3n) is 7.08. The van der Waals surface area contributed by atoms with E-state index >= 15 is 0 Å². The molecule has 5 atom stereocenters. The fraction of sp³-hybridized carbons (Fsp3) is 0.895. The molecule has 1 heterocycles. The van der Waals surface area contributed by atoms with Crippen molar-refractivity contribution >= 4 is 11.9 Å². The molecule has 3 rings (SSSR count). The van der Waals surface area contributed by atoms with E-state index in [2.05, 4.69) is 27.7 Å². The van der Waals surface area contributed by atoms with Crippen molar-refractivity contribution in [1.82, 2.24) is 0 Å². The quantitative estimate of drug-likeness (QED) is 0.688. The maximum absolute atomic E-state index is 12.0. The molecule has 0 unspecified atom stereocenters. The van der Waals surface area contributed by atoms with E-state index in [0.29, 0.717) is 6.42 Å². The molecular weight excluding hydrogens is 292 g/mol. The number of hydrogen-bond acceptors (Lipinski definition) is 4. The molecule has 2 aliphatic carbocycles. The van der Waals surface area contributed by atoms with Gasteiger partial charge in [0.2, 0.25) is 0 Å². The van der Waals surface area contributed by atoms with Crippen LogP contribution in [0.15, 0.2) is 0 Å². The SMILES string of the molecule is CC(=O)O[C@@H]1C[C@H](C)[C@@]2(CCC(=O)O2)[C@]2(C)CCCC(C)(C)[C@@H]12. The van der Waals surface area contributed by atoms with Gasteiger partial charge in [0.05, 0.1) is 0 Å². The number of hydrogen-bond donors (Lipinski definition) is 0. The molecule has 3 fully saturated rings. The lowest BCUT2D eigenvalue weighted by Crippen LogP contribution is -2.66. The highest BCUT2D eigenvalue weighted by Gasteiger charge is 2.68. The smallest absolute Gasteiger partial charge is 0.306 e. The van der Waals surface area contributed by atoms with Crippen LogP contribution in [0.3, 0.4) is 0 Å². The van der Waals surface area contributed by atoms with Gasteiger partial charge < -0.3 is 9.47 Å². The van der Waals surface area contributed by atoms with E-state index < -0.39 is 0 Å². The number of ether oxygens (including phenoxy) is 2. The standard InChI is InChI=1S/C19H30O4/c1-12-11-14(22-13(2)20)16-17(3,4)8-6-9-18(16,5)19(12)10-7-15(21)23-19/h12,14,16H,6-11H2,1-5H3/t12-,14+,16+,18+,19-/m0/s1. The summed E-state index contributed by atoms with van der Waals surface area (Å²) in [4.78, 5) is 23.7. The summed E-state index contributed by atoms with van der Waals surface area (Å²) in [6.07, 6.45) is 5.34. The lowest BCUT2D eigenvalue weighted by atomic mass is 9.43. The number of carbonyl (C=O) groups is 2. The van der Waals surface area contributed by atoms with Gasteiger partial charge in [0.1, 0.15) is 11.7 Å². The van der Waals surface area contributed by atoms with Gasteiger partial charge in [-0.2, -0.15) is 0 Å². The largest absolute Gasteiger partial charge is 0.462 e. The van der Waals surface area contributed by atoms with E-state index in [4.69, 9.17) is 9.47 Å². The van der Waals surface area contributed by atoms with Gasteiger partial charge in [0, 0.05) is 30.6 Å². The third-order valence-corrected chi connectivity index (χ3v) is 7.08. The van der Waals surface area contributed by atoms with E-state index in [-0.39, 0.29) is 46.3 Å². The highest BCUT2D eigenvalue weighted by molar-refractivity contribution is 5.72. The van der Waals surface area contributed by atoms with Crippen LogP contribution in [0.5, 0.6) is 0 Å². The highest BCUT2D eigenvalue weighted by atomic mass is 16.6. The number of rotatable bonds is 1. The maximum atomic E-state index is 12.0. The van der Waals surface area contributed by atoms with Crippen molar-refractivity contribution in [1.29, 1.82) is 0 Å². The van der Waals surface area contributed by atoms with Crippen LogP contribution in [0.25, 0.3) is 0 Å². The molecule has 0 aromatic carbocycles. The summed E-state index contributed by atoms with van der Waals surface area (Å²) in [7, 11) is 0. The summed E-state index contributed by atoms with van der Waals surface area (Å²) in [5.41, 5.74) is -0.433. The molecule has 0 aromatic heterocycles. The first-order valence-electron chi connectivity index (χ1n) is 9.01. The van der Waals surface area contributed by atoms with Gasteiger partial charge in [0.15, 0.2) is 0 Å². The van der Waals surface area contributed by atoms with Crippen LogP contribution >= 0.6 is 0 Å². The molecule has 1 saturated heterocycles. The van der Waals surface area contributed by atoms with Crippen LogP contribution in [0, 0.1) is 22.7 Å². The Morgan fingerprint density at radius 1 is 1.22 bits per heavy atom. The Balaban J connectivity index is 2.07. The lowest BCUT2D eigenvalue weighted by Gasteiger charge is -2.64. The normalized spacial score (nSPS) is 45.4. The molecule has 2 saturated carbocycles. The van der Waals surface area contributed by atoms with Gasteiger partial charge in [-0.1, -0.05) is 34.1 Å². The maximum Gasteiger partial charge on any atom is 0.306 e. The van der Waals surface area contributed by atoms with Gasteiger partial charge in [-0.05, 0) is 31.1 Å². The molecule has 130 valence electrons. The Kier molecular flexibility index (Phi) is 3.81. The van der Waals surface area contributed by atoms with Gasteiger partial charge in [-0.3, -0.25) is 9.59 Å². The van der Waals surface area contributed by atoms with Gasteiger partial charge in [-0.15, -0.1) is 0 Å². The zero-order valence-electron chi connectivity index (χ0n) is 15.1. The first-order valence-corrected chi connectivity index (χ1v) is 9.01. The first kappa shape index (κ1) is 16.8. The average Bonchev–Trinajstić information content (AvgIpc) is 2.79. The fourth-order valence-electron chi connectivity index (χ4n) is 6.38. The number of carbonyl (C=O) groups excluding carboxylic acids is 2. The van der Waals surface area contributed by atoms with Crippen LogP contribution in [-0.4, -0.2) is 23.6 Å². The van der Waals surface area contributed by atoms with E-state index in [0.717, 1.165) is 32.1 Å². The minimum atomic E-state index is -0.386. The molecule has 0 amide bonds. The highest BCUT2D eigenvalue weighted by Crippen LogP contribution is 2.66. The van der Waals surface area contributed by atoms with E-state index in [1.54, 1.807) is 0 Å². The molecule has 3 aliphatic rings. The zero-order chi connectivity index (χ0) is 17.0. The predicted molar refractivity (Wildman–Crippen MR) is 86.6 cm³/mol. The van der Waals surface area contributed by atoms with Gasteiger partial charge in [0.25, 0.3) is 0 Å². The predicted octanol–water partition coefficient (Wildman–Crippen LogP) is 3.87. The topological polar surface area (TPSA) is 52.6 Å². The summed E-state index contributed by atoms with van der Waals surface area (Å²) in [6.45, 7) is 10.5. The van der Waals surface area contributed by atoms with Crippen molar-refractivity contribution < 1.29 is 19.1 Å². The van der Waals surface area contributed by atoms with Crippen molar-refractivity contribution in [3.8, 4) is 0 Å². The second-order valence-electron chi connectivity index (χ2n) is 8.89. The van der Waals surface area contributed by atoms with Crippen LogP contribution in [-0.2, 0) is 19.1 Å². The van der Waals surface area contributed by atoms with Crippen LogP contribution in [0.1, 0.15) is 73.1 Å². The van der Waals surface area contributed by atoms with Crippen molar-refractivity contribution in [2.45, 2.75) is 84.8 Å². The van der Waals surface area contributed by atoms with Crippen molar-refractivity contribution in [2.24, 2.45) is 22.7 Å². The second-order valence-corrected chi connectivity index (χ2v) is 8.89. The van der Waals surface area contributed by atoms with Crippen LogP contribution in [0.4, 0.5) is 0 Å². The van der Waals surface area contributed by atoms with Gasteiger partial charge in [-0.25, -0.2) is 0 Å². The minimum Gasteiger partial charge on any atom is -0.462 e. The van der Waals surface area contributed by atoms with Crippen LogP contribution < -0.4 is 0 Å². The summed E-state index contributed by atoms with van der Waals surface area (Å²) in [5, 5.41) is 0. The molecule has 4 heteroatoms. The third kappa shape index (κ3) is 2.32. The Morgan fingerprint density at radius 3 is 2.48 bits per heavy atom. The van der Waals surface area contributed by atoms with Gasteiger partial charge >= 0.3 is 11.9 Å². The van der Waals surface area contributed by atoms with E-state index in [1.807, 2.05) is 0 Å².